The second kappa shape index (κ2) is 4.24. The number of nitrogens with one attached hydrogen (secondary N) is 3. The lowest BCUT2D eigenvalue weighted by Gasteiger charge is -2.29. The molecule has 16 heavy (non-hydrogen) atoms. The second-order valence-electron chi connectivity index (χ2n) is 5.60. The second-order valence-corrected chi connectivity index (χ2v) is 5.60. The van der Waals surface area contributed by atoms with Crippen molar-refractivity contribution in [3.63, 3.8) is 0 Å². The molecule has 2 heterocycles. The number of hydrogen-bond donors (Lipinski definition) is 3. The third-order valence-corrected chi connectivity index (χ3v) is 4.03. The zero-order valence-electron chi connectivity index (χ0n) is 9.67. The van der Waals surface area contributed by atoms with Gasteiger partial charge in [0.05, 0.1) is 0 Å². The van der Waals surface area contributed by atoms with Gasteiger partial charge >= 0.3 is 6.03 Å². The first-order valence-electron chi connectivity index (χ1n) is 6.60. The van der Waals surface area contributed by atoms with Gasteiger partial charge in [0.15, 0.2) is 0 Å². The fraction of sp³-hybridized carbons (Fsp3) is 0.917. The van der Waals surface area contributed by atoms with Crippen LogP contribution >= 0.6 is 0 Å². The maximum Gasteiger partial charge on any atom is 0.315 e. The molecule has 4 nitrogen and oxygen atoms in total. The number of carbonyl (C=O) groups excluding carboxylic acids is 1. The first-order valence-corrected chi connectivity index (χ1v) is 6.60. The first-order chi connectivity index (χ1) is 7.79. The Morgan fingerprint density at radius 1 is 1.12 bits per heavy atom. The lowest BCUT2D eigenvalue weighted by molar-refractivity contribution is 0.233. The Balaban J connectivity index is 1.39. The summed E-state index contributed by atoms with van der Waals surface area (Å²) in [6, 6.07) is 1.94. The van der Waals surface area contributed by atoms with Gasteiger partial charge in [-0.3, -0.25) is 0 Å². The average molecular weight is 223 g/mol. The fourth-order valence-electron chi connectivity index (χ4n) is 3.04. The molecule has 2 amide bonds. The van der Waals surface area contributed by atoms with Crippen molar-refractivity contribution < 1.29 is 4.79 Å². The molecule has 2 aliphatic heterocycles. The topological polar surface area (TPSA) is 53.2 Å². The van der Waals surface area contributed by atoms with Crippen LogP contribution in [-0.2, 0) is 0 Å². The summed E-state index contributed by atoms with van der Waals surface area (Å²) < 4.78 is 0. The quantitative estimate of drug-likeness (QED) is 0.668. The van der Waals surface area contributed by atoms with Gasteiger partial charge in [-0.1, -0.05) is 0 Å². The van der Waals surface area contributed by atoms with Gasteiger partial charge in [-0.15, -0.1) is 0 Å². The fourth-order valence-corrected chi connectivity index (χ4v) is 3.04. The number of rotatable bonds is 3. The highest BCUT2D eigenvalue weighted by molar-refractivity contribution is 5.74. The molecule has 3 N–H and O–H groups in total. The normalized spacial score (nSPS) is 37.1. The van der Waals surface area contributed by atoms with E-state index in [1.165, 1.54) is 25.7 Å². The molecule has 3 rings (SSSR count). The summed E-state index contributed by atoms with van der Waals surface area (Å²) in [5.74, 6) is 0.684. The predicted molar refractivity (Wildman–Crippen MR) is 62.2 cm³/mol. The van der Waals surface area contributed by atoms with E-state index in [1.54, 1.807) is 0 Å². The van der Waals surface area contributed by atoms with E-state index >= 15 is 0 Å². The summed E-state index contributed by atoms with van der Waals surface area (Å²) in [6.45, 7) is 0.854. The Kier molecular flexibility index (Phi) is 2.75. The van der Waals surface area contributed by atoms with Gasteiger partial charge in [0.2, 0.25) is 0 Å². The van der Waals surface area contributed by atoms with E-state index < -0.39 is 0 Å². The minimum Gasteiger partial charge on any atom is -0.338 e. The van der Waals surface area contributed by atoms with E-state index in [4.69, 9.17) is 0 Å². The largest absolute Gasteiger partial charge is 0.338 e. The zero-order valence-corrected chi connectivity index (χ0v) is 9.67. The Hall–Kier alpha value is -0.770. The van der Waals surface area contributed by atoms with Gasteiger partial charge in [0, 0.05) is 24.7 Å². The van der Waals surface area contributed by atoms with Crippen molar-refractivity contribution in [2.24, 2.45) is 5.92 Å². The molecule has 0 aromatic heterocycles. The summed E-state index contributed by atoms with van der Waals surface area (Å²) in [6.07, 6.45) is 7.45. The van der Waals surface area contributed by atoms with E-state index in [2.05, 4.69) is 16.0 Å². The SMILES string of the molecule is O=C(NCC1CC2CCC(C1)N2)NC1CC1. The molecule has 2 bridgehead atoms. The molecule has 1 aliphatic carbocycles. The maximum absolute atomic E-state index is 11.5. The van der Waals surface area contributed by atoms with Crippen molar-refractivity contribution in [1.82, 2.24) is 16.0 Å². The number of amides is 2. The molecular formula is C12H21N3O. The monoisotopic (exact) mass is 223 g/mol. The lowest BCUT2D eigenvalue weighted by atomic mass is 9.92. The lowest BCUT2D eigenvalue weighted by Crippen LogP contribution is -2.44. The van der Waals surface area contributed by atoms with Crippen molar-refractivity contribution in [1.29, 1.82) is 0 Å². The van der Waals surface area contributed by atoms with Crippen LogP contribution in [0.4, 0.5) is 4.79 Å². The molecule has 1 saturated carbocycles. The number of urea groups is 1. The summed E-state index contributed by atoms with van der Waals surface area (Å²) in [5, 5.41) is 9.60. The molecule has 2 saturated heterocycles. The third kappa shape index (κ3) is 2.48. The van der Waals surface area contributed by atoms with Crippen molar-refractivity contribution in [2.45, 2.75) is 56.7 Å². The van der Waals surface area contributed by atoms with Gasteiger partial charge in [0.1, 0.15) is 0 Å². The summed E-state index contributed by atoms with van der Waals surface area (Å²) in [7, 11) is 0. The van der Waals surface area contributed by atoms with Crippen LogP contribution in [0.3, 0.4) is 0 Å². The van der Waals surface area contributed by atoms with Crippen LogP contribution in [0.15, 0.2) is 0 Å². The number of fused-ring (bicyclic) bond motifs is 2. The predicted octanol–water partition coefficient (Wildman–Crippen LogP) is 0.979. The summed E-state index contributed by atoms with van der Waals surface area (Å²) in [5.41, 5.74) is 0. The summed E-state index contributed by atoms with van der Waals surface area (Å²) in [4.78, 5) is 11.5. The number of carbonyl (C=O) groups is 1. The van der Waals surface area contributed by atoms with Gasteiger partial charge in [0.25, 0.3) is 0 Å². The number of piperidine rings is 1. The molecule has 0 radical (unpaired) electrons. The highest BCUT2D eigenvalue weighted by Gasteiger charge is 2.33. The van der Waals surface area contributed by atoms with E-state index in [-0.39, 0.29) is 6.03 Å². The van der Waals surface area contributed by atoms with Crippen molar-refractivity contribution in [2.75, 3.05) is 6.54 Å². The molecular weight excluding hydrogens is 202 g/mol. The van der Waals surface area contributed by atoms with E-state index in [0.717, 1.165) is 31.5 Å². The van der Waals surface area contributed by atoms with Crippen LogP contribution in [0, 0.1) is 5.92 Å². The molecule has 90 valence electrons. The van der Waals surface area contributed by atoms with Crippen LogP contribution in [0.5, 0.6) is 0 Å². The molecule has 3 fully saturated rings. The van der Waals surface area contributed by atoms with Crippen LogP contribution in [0.2, 0.25) is 0 Å². The maximum atomic E-state index is 11.5. The summed E-state index contributed by atoms with van der Waals surface area (Å²) >= 11 is 0. The number of hydrogen-bond acceptors (Lipinski definition) is 2. The standard InChI is InChI=1S/C12H21N3O/c16-12(15-9-1-2-9)13-7-8-5-10-3-4-11(6-8)14-10/h8-11,14H,1-7H2,(H2,13,15,16). The van der Waals surface area contributed by atoms with Crippen molar-refractivity contribution >= 4 is 6.03 Å². The molecule has 2 unspecified atom stereocenters. The van der Waals surface area contributed by atoms with E-state index in [9.17, 15) is 4.79 Å². The molecule has 0 spiro atoms. The Labute approximate surface area is 96.5 Å². The minimum atomic E-state index is 0.0355. The van der Waals surface area contributed by atoms with E-state index in [0.29, 0.717) is 12.0 Å². The highest BCUT2D eigenvalue weighted by Crippen LogP contribution is 2.30. The Morgan fingerprint density at radius 3 is 2.44 bits per heavy atom. The third-order valence-electron chi connectivity index (χ3n) is 4.03. The van der Waals surface area contributed by atoms with Crippen LogP contribution in [0.1, 0.15) is 38.5 Å². The van der Waals surface area contributed by atoms with Crippen LogP contribution < -0.4 is 16.0 Å². The van der Waals surface area contributed by atoms with Crippen LogP contribution in [0.25, 0.3) is 0 Å². The zero-order chi connectivity index (χ0) is 11.0. The van der Waals surface area contributed by atoms with Gasteiger partial charge < -0.3 is 16.0 Å². The minimum absolute atomic E-state index is 0.0355. The van der Waals surface area contributed by atoms with Crippen molar-refractivity contribution in [3.05, 3.63) is 0 Å². The molecule has 0 aromatic carbocycles. The Bertz CT molecular complexity index is 265. The van der Waals surface area contributed by atoms with Crippen molar-refractivity contribution in [3.8, 4) is 0 Å². The van der Waals surface area contributed by atoms with Gasteiger partial charge in [-0.25, -0.2) is 4.79 Å². The molecule has 0 aromatic rings. The average Bonchev–Trinajstić information content (AvgIpc) is 3.01. The van der Waals surface area contributed by atoms with Gasteiger partial charge in [-0.05, 0) is 44.4 Å². The molecule has 3 aliphatic rings. The highest BCUT2D eigenvalue weighted by atomic mass is 16.2. The molecule has 2 atom stereocenters. The first kappa shape index (κ1) is 10.4. The van der Waals surface area contributed by atoms with Crippen LogP contribution in [-0.4, -0.2) is 30.7 Å². The van der Waals surface area contributed by atoms with E-state index in [1.807, 2.05) is 0 Å². The Morgan fingerprint density at radius 2 is 1.81 bits per heavy atom. The smallest absolute Gasteiger partial charge is 0.315 e. The molecule has 4 heteroatoms. The van der Waals surface area contributed by atoms with Gasteiger partial charge in [-0.2, -0.15) is 0 Å².